The van der Waals surface area contributed by atoms with E-state index in [2.05, 4.69) is 37.2 Å². The molecular formula is C22H18Br2N2O3. The number of halogens is 2. The van der Waals surface area contributed by atoms with Gasteiger partial charge < -0.3 is 15.0 Å². The molecule has 0 aliphatic rings. The molecule has 0 saturated carbocycles. The predicted molar refractivity (Wildman–Crippen MR) is 122 cm³/mol. The molecule has 0 radical (unpaired) electrons. The van der Waals surface area contributed by atoms with Crippen molar-refractivity contribution < 1.29 is 14.3 Å². The molecule has 5 nitrogen and oxygen atoms in total. The lowest BCUT2D eigenvalue weighted by Crippen LogP contribution is -2.26. The van der Waals surface area contributed by atoms with E-state index >= 15 is 0 Å². The number of benzene rings is 3. The van der Waals surface area contributed by atoms with Gasteiger partial charge in [-0.05, 0) is 64.5 Å². The Morgan fingerprint density at radius 2 is 1.72 bits per heavy atom. The van der Waals surface area contributed by atoms with Crippen LogP contribution in [-0.4, -0.2) is 25.5 Å². The van der Waals surface area contributed by atoms with Gasteiger partial charge in [0.2, 0.25) is 0 Å². The Kier molecular flexibility index (Phi) is 7.06. The monoisotopic (exact) mass is 516 g/mol. The van der Waals surface area contributed by atoms with Crippen LogP contribution in [0.1, 0.15) is 10.4 Å². The van der Waals surface area contributed by atoms with Crippen LogP contribution in [-0.2, 0) is 4.79 Å². The third-order valence-corrected chi connectivity index (χ3v) is 5.21. The summed E-state index contributed by atoms with van der Waals surface area (Å²) in [5.74, 6) is 0.0833. The van der Waals surface area contributed by atoms with Crippen LogP contribution in [0.2, 0.25) is 0 Å². The summed E-state index contributed by atoms with van der Waals surface area (Å²) in [5, 5.41) is 2.76. The average molecular weight is 518 g/mol. The summed E-state index contributed by atoms with van der Waals surface area (Å²) in [6.45, 7) is -0.150. The molecule has 0 aliphatic carbocycles. The van der Waals surface area contributed by atoms with Crippen molar-refractivity contribution in [2.75, 3.05) is 23.9 Å². The number of rotatable bonds is 6. The van der Waals surface area contributed by atoms with Crippen LogP contribution in [0, 0.1) is 0 Å². The van der Waals surface area contributed by atoms with Crippen molar-refractivity contribution >= 4 is 55.0 Å². The van der Waals surface area contributed by atoms with Gasteiger partial charge in [-0.15, -0.1) is 0 Å². The van der Waals surface area contributed by atoms with Crippen molar-refractivity contribution in [3.8, 4) is 5.75 Å². The average Bonchev–Trinajstić information content (AvgIpc) is 2.73. The highest BCUT2D eigenvalue weighted by molar-refractivity contribution is 9.11. The van der Waals surface area contributed by atoms with Gasteiger partial charge in [-0.3, -0.25) is 9.59 Å². The predicted octanol–water partition coefficient (Wildman–Crippen LogP) is 5.51. The van der Waals surface area contributed by atoms with Crippen LogP contribution in [0.25, 0.3) is 0 Å². The van der Waals surface area contributed by atoms with Gasteiger partial charge in [0.05, 0.1) is 4.47 Å². The molecule has 0 unspecified atom stereocenters. The largest absolute Gasteiger partial charge is 0.483 e. The fraction of sp³-hybridized carbons (Fsp3) is 0.0909. The molecule has 29 heavy (non-hydrogen) atoms. The SMILES string of the molecule is CN(C(=O)c1cccc(NC(=O)COc2ccc(Br)cc2Br)c1)c1ccccc1. The smallest absolute Gasteiger partial charge is 0.262 e. The van der Waals surface area contributed by atoms with Crippen LogP contribution in [0.5, 0.6) is 5.75 Å². The van der Waals surface area contributed by atoms with Crippen molar-refractivity contribution in [1.82, 2.24) is 0 Å². The van der Waals surface area contributed by atoms with Crippen molar-refractivity contribution in [3.63, 3.8) is 0 Å². The molecule has 0 aliphatic heterocycles. The number of carbonyl (C=O) groups excluding carboxylic acids is 2. The molecule has 7 heteroatoms. The quantitative estimate of drug-likeness (QED) is 0.469. The first-order valence-corrected chi connectivity index (χ1v) is 10.3. The highest BCUT2D eigenvalue weighted by Crippen LogP contribution is 2.28. The first-order valence-electron chi connectivity index (χ1n) is 8.75. The summed E-state index contributed by atoms with van der Waals surface area (Å²) in [6, 6.07) is 21.6. The van der Waals surface area contributed by atoms with E-state index < -0.39 is 0 Å². The summed E-state index contributed by atoms with van der Waals surface area (Å²) in [5.41, 5.74) is 1.80. The van der Waals surface area contributed by atoms with E-state index in [1.807, 2.05) is 42.5 Å². The zero-order chi connectivity index (χ0) is 20.8. The fourth-order valence-corrected chi connectivity index (χ4v) is 3.79. The topological polar surface area (TPSA) is 58.6 Å². The number of hydrogen-bond acceptors (Lipinski definition) is 3. The maximum absolute atomic E-state index is 12.7. The van der Waals surface area contributed by atoms with E-state index in [1.165, 1.54) is 0 Å². The molecule has 3 aromatic rings. The minimum absolute atomic E-state index is 0.150. The van der Waals surface area contributed by atoms with Crippen LogP contribution in [0.3, 0.4) is 0 Å². The number of carbonyl (C=O) groups is 2. The first-order chi connectivity index (χ1) is 13.9. The lowest BCUT2D eigenvalue weighted by atomic mass is 10.1. The number of ether oxygens (including phenoxy) is 1. The number of hydrogen-bond donors (Lipinski definition) is 1. The Labute approximate surface area is 185 Å². The Balaban J connectivity index is 1.63. The summed E-state index contributed by atoms with van der Waals surface area (Å²) in [4.78, 5) is 26.5. The second kappa shape index (κ2) is 9.71. The highest BCUT2D eigenvalue weighted by Gasteiger charge is 2.14. The van der Waals surface area contributed by atoms with Crippen molar-refractivity contribution in [2.45, 2.75) is 0 Å². The minimum atomic E-state index is -0.319. The second-order valence-corrected chi connectivity index (χ2v) is 7.96. The van der Waals surface area contributed by atoms with Crippen LogP contribution >= 0.6 is 31.9 Å². The van der Waals surface area contributed by atoms with Gasteiger partial charge in [-0.1, -0.05) is 40.2 Å². The minimum Gasteiger partial charge on any atom is -0.483 e. The van der Waals surface area contributed by atoms with Gasteiger partial charge in [-0.2, -0.15) is 0 Å². The van der Waals surface area contributed by atoms with Gasteiger partial charge in [0, 0.05) is 28.5 Å². The highest BCUT2D eigenvalue weighted by atomic mass is 79.9. The van der Waals surface area contributed by atoms with Gasteiger partial charge in [0.15, 0.2) is 6.61 Å². The molecule has 3 aromatic carbocycles. The Hall–Kier alpha value is -2.64. The number of para-hydroxylation sites is 1. The molecule has 0 bridgehead atoms. The third-order valence-electron chi connectivity index (χ3n) is 4.09. The zero-order valence-electron chi connectivity index (χ0n) is 15.6. The van der Waals surface area contributed by atoms with Gasteiger partial charge in [-0.25, -0.2) is 0 Å². The molecule has 0 aromatic heterocycles. The van der Waals surface area contributed by atoms with E-state index in [9.17, 15) is 9.59 Å². The second-order valence-electron chi connectivity index (χ2n) is 6.19. The van der Waals surface area contributed by atoms with E-state index in [1.54, 1.807) is 42.3 Å². The van der Waals surface area contributed by atoms with Gasteiger partial charge in [0.1, 0.15) is 5.75 Å². The Morgan fingerprint density at radius 3 is 2.45 bits per heavy atom. The molecule has 0 heterocycles. The van der Waals surface area contributed by atoms with Crippen molar-refractivity contribution in [2.24, 2.45) is 0 Å². The molecule has 3 rings (SSSR count). The van der Waals surface area contributed by atoms with Gasteiger partial charge in [0.25, 0.3) is 11.8 Å². The molecular weight excluding hydrogens is 500 g/mol. The molecule has 2 amide bonds. The molecule has 0 fully saturated rings. The van der Waals surface area contributed by atoms with Crippen LogP contribution < -0.4 is 15.0 Å². The van der Waals surface area contributed by atoms with Crippen LogP contribution in [0.4, 0.5) is 11.4 Å². The molecule has 0 atom stereocenters. The van der Waals surface area contributed by atoms with Crippen molar-refractivity contribution in [1.29, 1.82) is 0 Å². The summed E-state index contributed by atoms with van der Waals surface area (Å²) in [7, 11) is 1.72. The van der Waals surface area contributed by atoms with E-state index in [0.29, 0.717) is 17.0 Å². The maximum Gasteiger partial charge on any atom is 0.262 e. The maximum atomic E-state index is 12.7. The molecule has 1 N–H and O–H groups in total. The van der Waals surface area contributed by atoms with E-state index in [-0.39, 0.29) is 18.4 Å². The number of nitrogens with one attached hydrogen (secondary N) is 1. The van der Waals surface area contributed by atoms with Gasteiger partial charge >= 0.3 is 0 Å². The molecule has 148 valence electrons. The fourth-order valence-electron chi connectivity index (χ4n) is 2.63. The molecule has 0 spiro atoms. The number of anilines is 2. The summed E-state index contributed by atoms with van der Waals surface area (Å²) in [6.07, 6.45) is 0. The molecule has 0 saturated heterocycles. The summed E-state index contributed by atoms with van der Waals surface area (Å²) < 4.78 is 7.20. The van der Waals surface area contributed by atoms with E-state index in [0.717, 1.165) is 14.6 Å². The zero-order valence-corrected chi connectivity index (χ0v) is 18.7. The van der Waals surface area contributed by atoms with Crippen molar-refractivity contribution in [3.05, 3.63) is 87.3 Å². The first kappa shape index (κ1) is 21.1. The Bertz CT molecular complexity index is 1030. The lowest BCUT2D eigenvalue weighted by molar-refractivity contribution is -0.118. The van der Waals surface area contributed by atoms with Crippen LogP contribution in [0.15, 0.2) is 81.7 Å². The van der Waals surface area contributed by atoms with E-state index in [4.69, 9.17) is 4.74 Å². The standard InChI is InChI=1S/C22H18Br2N2O3/c1-26(18-8-3-2-4-9-18)22(28)15-6-5-7-17(12-15)25-21(27)14-29-20-11-10-16(23)13-19(20)24/h2-13H,14H2,1H3,(H,25,27). The number of amides is 2. The third kappa shape index (κ3) is 5.68. The number of nitrogens with zero attached hydrogens (tertiary/aromatic N) is 1. The normalized spacial score (nSPS) is 10.3. The lowest BCUT2D eigenvalue weighted by Gasteiger charge is -2.17. The Morgan fingerprint density at radius 1 is 0.966 bits per heavy atom. The summed E-state index contributed by atoms with van der Waals surface area (Å²) >= 11 is 6.76.